The predicted molar refractivity (Wildman–Crippen MR) is 106 cm³/mol. The lowest BCUT2D eigenvalue weighted by atomic mass is 9.96. The Balaban J connectivity index is 1.90. The second-order valence-corrected chi connectivity index (χ2v) is 7.20. The molecule has 1 atom stereocenters. The molecule has 2 rings (SSSR count). The highest BCUT2D eigenvalue weighted by Gasteiger charge is 2.20. The van der Waals surface area contributed by atoms with Crippen molar-refractivity contribution < 1.29 is 19.6 Å². The summed E-state index contributed by atoms with van der Waals surface area (Å²) in [5.74, 6) is -0.0283. The third-order valence-corrected chi connectivity index (χ3v) is 4.21. The Bertz CT molecular complexity index is 740. The molecule has 0 aliphatic heterocycles. The van der Waals surface area contributed by atoms with Crippen LogP contribution in [-0.4, -0.2) is 24.5 Å². The quantitative estimate of drug-likeness (QED) is 0.702. The van der Waals surface area contributed by atoms with Crippen molar-refractivity contribution in [1.29, 1.82) is 0 Å². The number of ether oxygens (including phenoxy) is 1. The van der Waals surface area contributed by atoms with Gasteiger partial charge in [-0.25, -0.2) is 4.79 Å². The van der Waals surface area contributed by atoms with Crippen LogP contribution in [0.5, 0.6) is 0 Å². The van der Waals surface area contributed by atoms with E-state index >= 15 is 0 Å². The van der Waals surface area contributed by atoms with Crippen molar-refractivity contribution in [1.82, 2.24) is 0 Å². The van der Waals surface area contributed by atoms with Gasteiger partial charge in [0.25, 0.3) is 5.91 Å². The molecule has 5 nitrogen and oxygen atoms in total. The van der Waals surface area contributed by atoms with E-state index in [0.29, 0.717) is 23.7 Å². The first-order valence-electron chi connectivity index (χ1n) is 9.36. The van der Waals surface area contributed by atoms with Crippen LogP contribution in [0.25, 0.3) is 0 Å². The Kier molecular flexibility index (Phi) is 7.55. The zero-order valence-corrected chi connectivity index (χ0v) is 16.4. The van der Waals surface area contributed by atoms with Crippen LogP contribution in [0.3, 0.4) is 0 Å². The number of rotatable bonds is 8. The van der Waals surface area contributed by atoms with Gasteiger partial charge < -0.3 is 15.4 Å². The highest BCUT2D eigenvalue weighted by molar-refractivity contribution is 5.93. The third kappa shape index (κ3) is 6.53. The van der Waals surface area contributed by atoms with Gasteiger partial charge in [0.05, 0.1) is 11.7 Å². The first-order chi connectivity index (χ1) is 12.9. The average molecular weight is 369 g/mol. The summed E-state index contributed by atoms with van der Waals surface area (Å²) in [5, 5.41) is 4.93. The van der Waals surface area contributed by atoms with Crippen molar-refractivity contribution in [3.05, 3.63) is 65.7 Å². The minimum Gasteiger partial charge on any atom is -0.459 e. The summed E-state index contributed by atoms with van der Waals surface area (Å²) in [4.78, 5) is 24.2. The lowest BCUT2D eigenvalue weighted by molar-refractivity contribution is -0.692. The van der Waals surface area contributed by atoms with Gasteiger partial charge in [-0.1, -0.05) is 44.2 Å². The van der Waals surface area contributed by atoms with Crippen LogP contribution >= 0.6 is 0 Å². The number of carbonyl (C=O) groups excluding carboxylic acids is 2. The van der Waals surface area contributed by atoms with Crippen molar-refractivity contribution in [2.24, 2.45) is 5.92 Å². The van der Waals surface area contributed by atoms with Gasteiger partial charge in [-0.05, 0) is 38.1 Å². The van der Waals surface area contributed by atoms with Crippen LogP contribution in [0.1, 0.15) is 49.7 Å². The smallest absolute Gasteiger partial charge is 0.338 e. The lowest BCUT2D eigenvalue weighted by Gasteiger charge is -2.19. The Hall–Kier alpha value is -2.66. The summed E-state index contributed by atoms with van der Waals surface area (Å²) in [7, 11) is 0. The molecule has 0 saturated carbocycles. The number of benzene rings is 2. The van der Waals surface area contributed by atoms with Crippen molar-refractivity contribution in [2.75, 3.05) is 11.9 Å². The fourth-order valence-electron chi connectivity index (χ4n) is 2.89. The number of nitrogens with two attached hydrogens (primary N) is 1. The molecule has 0 spiro atoms. The van der Waals surface area contributed by atoms with Gasteiger partial charge in [-0.2, -0.15) is 0 Å². The van der Waals surface area contributed by atoms with Gasteiger partial charge in [0.2, 0.25) is 0 Å². The minimum atomic E-state index is -0.362. The number of quaternary nitrogens is 1. The van der Waals surface area contributed by atoms with E-state index in [2.05, 4.69) is 36.6 Å². The predicted octanol–water partition coefficient (Wildman–Crippen LogP) is 3.15. The van der Waals surface area contributed by atoms with Gasteiger partial charge in [-0.15, -0.1) is 0 Å². The molecule has 0 heterocycles. The maximum atomic E-state index is 12.3. The molecule has 0 aromatic heterocycles. The SMILES string of the molecule is CC(C)OC(=O)c1ccc(NC(=O)C[NH2+][C@H](c2ccccc2)C(C)C)cc1. The molecular formula is C22H29N2O3+. The molecule has 5 heteroatoms. The maximum Gasteiger partial charge on any atom is 0.338 e. The van der Waals surface area contributed by atoms with Gasteiger partial charge in [0.1, 0.15) is 6.04 Å². The standard InChI is InChI=1S/C22H28N2O3/c1-15(2)21(17-8-6-5-7-9-17)23-14-20(25)24-19-12-10-18(11-13-19)22(26)27-16(3)4/h5-13,15-16,21,23H,14H2,1-4H3,(H,24,25)/p+1/t21-/m0/s1. The molecule has 0 radical (unpaired) electrons. The van der Waals surface area contributed by atoms with Crippen molar-refractivity contribution in [3.63, 3.8) is 0 Å². The van der Waals surface area contributed by atoms with Gasteiger partial charge >= 0.3 is 5.97 Å². The van der Waals surface area contributed by atoms with Crippen LogP contribution in [0, 0.1) is 5.92 Å². The van der Waals surface area contributed by atoms with Crippen LogP contribution in [0.4, 0.5) is 5.69 Å². The van der Waals surface area contributed by atoms with E-state index < -0.39 is 0 Å². The van der Waals surface area contributed by atoms with E-state index in [1.165, 1.54) is 5.56 Å². The molecule has 27 heavy (non-hydrogen) atoms. The number of hydrogen-bond donors (Lipinski definition) is 2. The van der Waals surface area contributed by atoms with Crippen LogP contribution in [0.2, 0.25) is 0 Å². The van der Waals surface area contributed by atoms with Gasteiger partial charge in [0.15, 0.2) is 6.54 Å². The van der Waals surface area contributed by atoms with Gasteiger partial charge in [0, 0.05) is 17.2 Å². The Labute approximate surface area is 161 Å². The molecule has 2 aromatic rings. The number of amides is 1. The summed E-state index contributed by atoms with van der Waals surface area (Å²) >= 11 is 0. The molecule has 0 unspecified atom stereocenters. The third-order valence-electron chi connectivity index (χ3n) is 4.21. The fraction of sp³-hybridized carbons (Fsp3) is 0.364. The summed E-state index contributed by atoms with van der Waals surface area (Å²) in [6, 6.07) is 17.2. The number of anilines is 1. The Morgan fingerprint density at radius 2 is 1.59 bits per heavy atom. The summed E-state index contributed by atoms with van der Waals surface area (Å²) < 4.78 is 5.16. The second-order valence-electron chi connectivity index (χ2n) is 7.20. The molecule has 1 amide bonds. The van der Waals surface area contributed by atoms with E-state index in [4.69, 9.17) is 4.74 Å². The number of nitrogens with one attached hydrogen (secondary N) is 1. The van der Waals surface area contributed by atoms with E-state index in [1.807, 2.05) is 32.0 Å². The maximum absolute atomic E-state index is 12.3. The Morgan fingerprint density at radius 1 is 0.963 bits per heavy atom. The molecule has 0 fully saturated rings. The first kappa shape index (κ1) is 20.6. The molecule has 144 valence electrons. The van der Waals surface area contributed by atoms with E-state index in [0.717, 1.165) is 0 Å². The normalized spacial score (nSPS) is 12.1. The topological polar surface area (TPSA) is 72.0 Å². The van der Waals surface area contributed by atoms with Crippen LogP contribution in [0.15, 0.2) is 54.6 Å². The largest absolute Gasteiger partial charge is 0.459 e. The fourth-order valence-corrected chi connectivity index (χ4v) is 2.89. The van der Waals surface area contributed by atoms with Crippen molar-refractivity contribution in [2.45, 2.75) is 39.8 Å². The summed E-state index contributed by atoms with van der Waals surface area (Å²) in [6.45, 7) is 8.25. The van der Waals surface area contributed by atoms with Crippen LogP contribution in [-0.2, 0) is 9.53 Å². The molecule has 0 bridgehead atoms. The Morgan fingerprint density at radius 3 is 2.15 bits per heavy atom. The molecule has 0 aliphatic rings. The second kappa shape index (κ2) is 9.88. The molecule has 0 aliphatic carbocycles. The lowest BCUT2D eigenvalue weighted by Crippen LogP contribution is -2.88. The first-order valence-corrected chi connectivity index (χ1v) is 9.36. The zero-order chi connectivity index (χ0) is 19.8. The van der Waals surface area contributed by atoms with Crippen molar-refractivity contribution >= 4 is 17.6 Å². The monoisotopic (exact) mass is 369 g/mol. The molecule has 2 aromatic carbocycles. The van der Waals surface area contributed by atoms with Crippen LogP contribution < -0.4 is 10.6 Å². The number of carbonyl (C=O) groups is 2. The number of esters is 1. The highest BCUT2D eigenvalue weighted by atomic mass is 16.5. The van der Waals surface area contributed by atoms with E-state index in [1.54, 1.807) is 24.3 Å². The van der Waals surface area contributed by atoms with Gasteiger partial charge in [-0.3, -0.25) is 4.79 Å². The zero-order valence-electron chi connectivity index (χ0n) is 16.4. The highest BCUT2D eigenvalue weighted by Crippen LogP contribution is 2.17. The summed E-state index contributed by atoms with van der Waals surface area (Å²) in [5.41, 5.74) is 2.35. The molecule has 3 N–H and O–H groups in total. The number of hydrogen-bond acceptors (Lipinski definition) is 3. The van der Waals surface area contributed by atoms with E-state index in [-0.39, 0.29) is 24.0 Å². The van der Waals surface area contributed by atoms with E-state index in [9.17, 15) is 9.59 Å². The minimum absolute atomic E-state index is 0.0749. The molecular weight excluding hydrogens is 340 g/mol. The summed E-state index contributed by atoms with van der Waals surface area (Å²) in [6.07, 6.45) is -0.161. The average Bonchev–Trinajstić information content (AvgIpc) is 2.62. The molecule has 0 saturated heterocycles. The van der Waals surface area contributed by atoms with Crippen molar-refractivity contribution in [3.8, 4) is 0 Å².